The van der Waals surface area contributed by atoms with Crippen molar-refractivity contribution >= 4 is 28.3 Å². The van der Waals surface area contributed by atoms with E-state index in [1.165, 1.54) is 4.90 Å². The predicted molar refractivity (Wildman–Crippen MR) is 108 cm³/mol. The number of nitrogens with zero attached hydrogens (tertiary/aromatic N) is 1. The number of aromatic amines is 1. The molecule has 0 bridgehead atoms. The number of H-pyrrole nitrogens is 1. The second-order valence-corrected chi connectivity index (χ2v) is 6.32. The number of Topliss-reactive ketones (excluding diaryl/α,β-unsaturated/α-hetero) is 1. The molecule has 0 saturated heterocycles. The Morgan fingerprint density at radius 2 is 1.37 bits per heavy atom. The van der Waals surface area contributed by atoms with Gasteiger partial charge in [0.25, 0.3) is 11.7 Å². The molecule has 4 rings (SSSR count). The van der Waals surface area contributed by atoms with Gasteiger partial charge in [0.05, 0.1) is 11.3 Å². The maximum Gasteiger partial charge on any atom is 0.299 e. The van der Waals surface area contributed by atoms with Crippen LogP contribution in [0.3, 0.4) is 0 Å². The maximum absolute atomic E-state index is 13.2. The molecular formula is C23H18N2O2. The van der Waals surface area contributed by atoms with Crippen LogP contribution in [0.25, 0.3) is 22.2 Å². The predicted octanol–water partition coefficient (Wildman–Crippen LogP) is 4.68. The largest absolute Gasteiger partial charge is 0.354 e. The van der Waals surface area contributed by atoms with Gasteiger partial charge in [-0.3, -0.25) is 9.59 Å². The molecule has 1 N–H and O–H groups in total. The second-order valence-electron chi connectivity index (χ2n) is 6.32. The van der Waals surface area contributed by atoms with Crippen LogP contribution < -0.4 is 4.90 Å². The van der Waals surface area contributed by atoms with Gasteiger partial charge in [-0.2, -0.15) is 0 Å². The number of para-hydroxylation sites is 2. The number of fused-ring (bicyclic) bond motifs is 1. The topological polar surface area (TPSA) is 53.2 Å². The number of hydrogen-bond donors (Lipinski definition) is 1. The summed E-state index contributed by atoms with van der Waals surface area (Å²) in [4.78, 5) is 30.8. The van der Waals surface area contributed by atoms with Crippen LogP contribution >= 0.6 is 0 Å². The molecule has 0 saturated carbocycles. The normalized spacial score (nSPS) is 10.7. The summed E-state index contributed by atoms with van der Waals surface area (Å²) in [7, 11) is 1.62. The third-order valence-electron chi connectivity index (χ3n) is 4.64. The number of hydrogen-bond acceptors (Lipinski definition) is 2. The van der Waals surface area contributed by atoms with E-state index >= 15 is 0 Å². The first kappa shape index (κ1) is 16.8. The lowest BCUT2D eigenvalue weighted by Crippen LogP contribution is -2.33. The van der Waals surface area contributed by atoms with Gasteiger partial charge in [-0.1, -0.05) is 66.7 Å². The molecule has 0 aliphatic heterocycles. The SMILES string of the molecule is CN(C(=O)C(=O)c1c(-c2ccccc2)[nH]c2ccccc12)c1ccccc1. The highest BCUT2D eigenvalue weighted by Crippen LogP contribution is 2.31. The average Bonchev–Trinajstić information content (AvgIpc) is 3.13. The summed E-state index contributed by atoms with van der Waals surface area (Å²) in [6, 6.07) is 26.3. The van der Waals surface area contributed by atoms with Crippen molar-refractivity contribution in [2.75, 3.05) is 11.9 Å². The number of amides is 1. The molecule has 1 heterocycles. The number of carbonyl (C=O) groups excluding carboxylic acids is 2. The van der Waals surface area contributed by atoms with Crippen molar-refractivity contribution in [3.8, 4) is 11.3 Å². The van der Waals surface area contributed by atoms with E-state index < -0.39 is 11.7 Å². The minimum absolute atomic E-state index is 0.407. The first-order valence-corrected chi connectivity index (χ1v) is 8.70. The van der Waals surface area contributed by atoms with Crippen molar-refractivity contribution < 1.29 is 9.59 Å². The molecule has 0 aliphatic rings. The molecule has 0 unspecified atom stereocenters. The van der Waals surface area contributed by atoms with Crippen LogP contribution in [0, 0.1) is 0 Å². The molecule has 4 aromatic rings. The van der Waals surface area contributed by atoms with E-state index in [9.17, 15) is 9.59 Å². The lowest BCUT2D eigenvalue weighted by molar-refractivity contribution is -0.114. The molecule has 4 nitrogen and oxygen atoms in total. The Hall–Kier alpha value is -3.66. The lowest BCUT2D eigenvalue weighted by atomic mass is 10.0. The van der Waals surface area contributed by atoms with Crippen LogP contribution in [-0.2, 0) is 4.79 Å². The van der Waals surface area contributed by atoms with Crippen molar-refractivity contribution in [2.45, 2.75) is 0 Å². The van der Waals surface area contributed by atoms with E-state index in [1.54, 1.807) is 19.2 Å². The zero-order valence-corrected chi connectivity index (χ0v) is 14.8. The van der Waals surface area contributed by atoms with Gasteiger partial charge in [-0.15, -0.1) is 0 Å². The zero-order chi connectivity index (χ0) is 18.8. The minimum atomic E-state index is -0.567. The number of ketones is 1. The molecule has 0 atom stereocenters. The Balaban J connectivity index is 1.83. The van der Waals surface area contributed by atoms with E-state index in [2.05, 4.69) is 4.98 Å². The Labute approximate surface area is 157 Å². The van der Waals surface area contributed by atoms with Crippen LogP contribution in [-0.4, -0.2) is 23.7 Å². The number of likely N-dealkylation sites (N-methyl/N-ethyl adjacent to an activating group) is 1. The molecule has 1 amide bonds. The van der Waals surface area contributed by atoms with Gasteiger partial charge in [0.2, 0.25) is 0 Å². The molecule has 3 aromatic carbocycles. The van der Waals surface area contributed by atoms with Crippen LogP contribution in [0.2, 0.25) is 0 Å². The van der Waals surface area contributed by atoms with Gasteiger partial charge < -0.3 is 9.88 Å². The molecule has 132 valence electrons. The van der Waals surface area contributed by atoms with E-state index in [-0.39, 0.29) is 0 Å². The molecular weight excluding hydrogens is 336 g/mol. The van der Waals surface area contributed by atoms with E-state index in [0.717, 1.165) is 16.5 Å². The minimum Gasteiger partial charge on any atom is -0.354 e. The summed E-state index contributed by atoms with van der Waals surface area (Å²) in [5.41, 5.74) is 3.44. The quantitative estimate of drug-likeness (QED) is 0.427. The maximum atomic E-state index is 13.2. The van der Waals surface area contributed by atoms with Crippen molar-refractivity contribution in [1.29, 1.82) is 0 Å². The number of carbonyl (C=O) groups is 2. The number of aromatic nitrogens is 1. The Bertz CT molecular complexity index is 1120. The van der Waals surface area contributed by atoms with Crippen molar-refractivity contribution in [1.82, 2.24) is 4.98 Å². The Morgan fingerprint density at radius 1 is 0.778 bits per heavy atom. The van der Waals surface area contributed by atoms with Gasteiger partial charge in [0.15, 0.2) is 0 Å². The third-order valence-corrected chi connectivity index (χ3v) is 4.64. The fourth-order valence-corrected chi connectivity index (χ4v) is 3.23. The number of nitrogens with one attached hydrogen (secondary N) is 1. The van der Waals surface area contributed by atoms with Crippen LogP contribution in [0.5, 0.6) is 0 Å². The van der Waals surface area contributed by atoms with E-state index in [1.807, 2.05) is 72.8 Å². The average molecular weight is 354 g/mol. The summed E-state index contributed by atoms with van der Waals surface area (Å²) in [5, 5.41) is 0.746. The molecule has 0 aliphatic carbocycles. The third kappa shape index (κ3) is 3.02. The zero-order valence-electron chi connectivity index (χ0n) is 14.8. The highest BCUT2D eigenvalue weighted by atomic mass is 16.2. The fraction of sp³-hybridized carbons (Fsp3) is 0.0435. The van der Waals surface area contributed by atoms with Gasteiger partial charge in [-0.25, -0.2) is 0 Å². The van der Waals surface area contributed by atoms with Gasteiger partial charge in [0, 0.05) is 23.6 Å². The molecule has 0 spiro atoms. The number of benzene rings is 3. The highest BCUT2D eigenvalue weighted by molar-refractivity contribution is 6.50. The summed E-state index contributed by atoms with van der Waals surface area (Å²) in [6.07, 6.45) is 0. The first-order chi connectivity index (χ1) is 13.2. The van der Waals surface area contributed by atoms with Crippen molar-refractivity contribution in [2.24, 2.45) is 0 Å². The van der Waals surface area contributed by atoms with Gasteiger partial charge >= 0.3 is 0 Å². The molecule has 27 heavy (non-hydrogen) atoms. The summed E-state index contributed by atoms with van der Waals surface area (Å²) >= 11 is 0. The van der Waals surface area contributed by atoms with E-state index in [4.69, 9.17) is 0 Å². The monoisotopic (exact) mass is 354 g/mol. The number of anilines is 1. The Kier molecular flexibility index (Phi) is 4.30. The highest BCUT2D eigenvalue weighted by Gasteiger charge is 2.27. The second kappa shape index (κ2) is 6.92. The smallest absolute Gasteiger partial charge is 0.299 e. The number of rotatable bonds is 4. The van der Waals surface area contributed by atoms with E-state index in [0.29, 0.717) is 16.9 Å². The van der Waals surface area contributed by atoms with Crippen LogP contribution in [0.1, 0.15) is 10.4 Å². The van der Waals surface area contributed by atoms with Gasteiger partial charge in [0.1, 0.15) is 0 Å². The van der Waals surface area contributed by atoms with Crippen LogP contribution in [0.4, 0.5) is 5.69 Å². The Morgan fingerprint density at radius 3 is 2.07 bits per heavy atom. The summed E-state index contributed by atoms with van der Waals surface area (Å²) < 4.78 is 0. The molecule has 0 radical (unpaired) electrons. The first-order valence-electron chi connectivity index (χ1n) is 8.70. The van der Waals surface area contributed by atoms with Crippen molar-refractivity contribution in [3.05, 3.63) is 90.5 Å². The molecule has 4 heteroatoms. The summed E-state index contributed by atoms with van der Waals surface area (Å²) in [5.74, 6) is -1.10. The standard InChI is InChI=1S/C23H18N2O2/c1-25(17-12-6-3-7-13-17)23(27)22(26)20-18-14-8-9-15-19(18)24-21(20)16-10-4-2-5-11-16/h2-15,24H,1H3. The van der Waals surface area contributed by atoms with Crippen LogP contribution in [0.15, 0.2) is 84.9 Å². The lowest BCUT2D eigenvalue weighted by Gasteiger charge is -2.16. The molecule has 1 aromatic heterocycles. The summed E-state index contributed by atoms with van der Waals surface area (Å²) in [6.45, 7) is 0. The fourth-order valence-electron chi connectivity index (χ4n) is 3.23. The molecule has 0 fully saturated rings. The van der Waals surface area contributed by atoms with Crippen molar-refractivity contribution in [3.63, 3.8) is 0 Å². The van der Waals surface area contributed by atoms with Gasteiger partial charge in [-0.05, 0) is 23.8 Å².